The smallest absolute Gasteiger partial charge is 0.251 e. The average molecular weight is 286 g/mol. The molecule has 1 aromatic rings. The quantitative estimate of drug-likeness (QED) is 0.709. The molecule has 0 aromatic heterocycles. The molecule has 6 nitrogen and oxygen atoms in total. The average Bonchev–Trinajstić information content (AvgIpc) is 2.34. The zero-order valence-electron chi connectivity index (χ0n) is 11.0. The Morgan fingerprint density at radius 3 is 2.37 bits per heavy atom. The van der Waals surface area contributed by atoms with Crippen LogP contribution in [0.1, 0.15) is 17.3 Å². The van der Waals surface area contributed by atoms with Gasteiger partial charge in [-0.25, -0.2) is 13.1 Å². The van der Waals surface area contributed by atoms with E-state index in [9.17, 15) is 13.2 Å². The van der Waals surface area contributed by atoms with Crippen LogP contribution in [0.25, 0.3) is 0 Å². The molecule has 0 unspecified atom stereocenters. The summed E-state index contributed by atoms with van der Waals surface area (Å²) < 4.78 is 29.2. The first-order valence-electron chi connectivity index (χ1n) is 5.88. The molecule has 106 valence electrons. The fraction of sp³-hybridized carbons (Fsp3) is 0.417. The maximum atomic E-state index is 11.7. The first kappa shape index (κ1) is 15.5. The molecule has 0 spiro atoms. The Hall–Kier alpha value is -1.60. The molecular weight excluding hydrogens is 268 g/mol. The summed E-state index contributed by atoms with van der Waals surface area (Å²) in [6, 6.07) is 6.75. The second kappa shape index (κ2) is 7.10. The van der Waals surface area contributed by atoms with Crippen LogP contribution >= 0.6 is 0 Å². The minimum Gasteiger partial charge on any atom is -0.494 e. The summed E-state index contributed by atoms with van der Waals surface area (Å²) in [6.07, 6.45) is 1.07. The van der Waals surface area contributed by atoms with Gasteiger partial charge in [0.1, 0.15) is 5.75 Å². The minimum absolute atomic E-state index is 0.168. The molecule has 1 amide bonds. The number of carbonyl (C=O) groups excluding carboxylic acids is 1. The van der Waals surface area contributed by atoms with Crippen LogP contribution in [0.4, 0.5) is 0 Å². The van der Waals surface area contributed by atoms with Gasteiger partial charge >= 0.3 is 0 Å². The second-order valence-corrected chi connectivity index (χ2v) is 5.71. The lowest BCUT2D eigenvalue weighted by Gasteiger charge is -2.07. The van der Waals surface area contributed by atoms with Crippen LogP contribution in [0.3, 0.4) is 0 Å². The molecule has 0 aliphatic heterocycles. The third-order valence-electron chi connectivity index (χ3n) is 2.20. The van der Waals surface area contributed by atoms with Crippen molar-refractivity contribution in [3.63, 3.8) is 0 Å². The molecule has 0 aliphatic carbocycles. The highest BCUT2D eigenvalue weighted by Gasteiger charge is 2.05. The van der Waals surface area contributed by atoms with Gasteiger partial charge in [-0.15, -0.1) is 0 Å². The highest BCUT2D eigenvalue weighted by atomic mass is 32.2. The topological polar surface area (TPSA) is 84.5 Å². The summed E-state index contributed by atoms with van der Waals surface area (Å²) >= 11 is 0. The van der Waals surface area contributed by atoms with E-state index >= 15 is 0 Å². The number of sulfonamides is 1. The molecule has 1 rings (SSSR count). The van der Waals surface area contributed by atoms with Gasteiger partial charge < -0.3 is 10.1 Å². The molecule has 19 heavy (non-hydrogen) atoms. The largest absolute Gasteiger partial charge is 0.494 e. The summed E-state index contributed by atoms with van der Waals surface area (Å²) in [5, 5.41) is 2.62. The summed E-state index contributed by atoms with van der Waals surface area (Å²) in [4.78, 5) is 11.7. The normalized spacial score (nSPS) is 11.1. The lowest BCUT2D eigenvalue weighted by molar-refractivity contribution is 0.0954. The number of amides is 1. The number of nitrogens with one attached hydrogen (secondary N) is 2. The Morgan fingerprint density at radius 2 is 1.84 bits per heavy atom. The summed E-state index contributed by atoms with van der Waals surface area (Å²) in [7, 11) is -3.22. The van der Waals surface area contributed by atoms with Gasteiger partial charge in [-0.1, -0.05) is 0 Å². The first-order valence-corrected chi connectivity index (χ1v) is 7.77. The Balaban J connectivity index is 2.41. The maximum Gasteiger partial charge on any atom is 0.251 e. The van der Waals surface area contributed by atoms with Gasteiger partial charge in [0.05, 0.1) is 12.9 Å². The molecule has 0 saturated carbocycles. The standard InChI is InChI=1S/C12H18N2O4S/c1-3-18-11-6-4-10(5-7-11)12(15)13-8-9-14-19(2,16)17/h4-7,14H,3,8-9H2,1-2H3,(H,13,15). The van der Waals surface area contributed by atoms with E-state index in [0.29, 0.717) is 17.9 Å². The molecule has 0 aliphatic rings. The van der Waals surface area contributed by atoms with E-state index < -0.39 is 10.0 Å². The monoisotopic (exact) mass is 286 g/mol. The van der Waals surface area contributed by atoms with E-state index in [1.54, 1.807) is 24.3 Å². The van der Waals surface area contributed by atoms with Crippen LogP contribution in [0.5, 0.6) is 5.75 Å². The number of rotatable bonds is 7. The molecule has 0 bridgehead atoms. The van der Waals surface area contributed by atoms with Crippen molar-refractivity contribution in [1.29, 1.82) is 0 Å². The van der Waals surface area contributed by atoms with E-state index in [4.69, 9.17) is 4.74 Å². The van der Waals surface area contributed by atoms with Crippen molar-refractivity contribution in [2.24, 2.45) is 0 Å². The van der Waals surface area contributed by atoms with E-state index in [1.165, 1.54) is 0 Å². The molecule has 0 atom stereocenters. The fourth-order valence-electron chi connectivity index (χ4n) is 1.38. The molecular formula is C12H18N2O4S. The van der Waals surface area contributed by atoms with E-state index in [-0.39, 0.29) is 19.0 Å². The number of carbonyl (C=O) groups is 1. The highest BCUT2D eigenvalue weighted by molar-refractivity contribution is 7.88. The van der Waals surface area contributed by atoms with Crippen LogP contribution in [-0.2, 0) is 10.0 Å². The van der Waals surface area contributed by atoms with Crippen molar-refractivity contribution in [3.8, 4) is 5.75 Å². The van der Waals surface area contributed by atoms with Crippen LogP contribution in [-0.4, -0.2) is 40.3 Å². The molecule has 0 saturated heterocycles. The molecule has 0 radical (unpaired) electrons. The predicted octanol–water partition coefficient (Wildman–Crippen LogP) is 0.364. The van der Waals surface area contributed by atoms with Crippen LogP contribution in [0.2, 0.25) is 0 Å². The second-order valence-electron chi connectivity index (χ2n) is 3.88. The van der Waals surface area contributed by atoms with Gasteiger partial charge in [0.15, 0.2) is 0 Å². The predicted molar refractivity (Wildman–Crippen MR) is 72.8 cm³/mol. The zero-order chi connectivity index (χ0) is 14.3. The number of hydrogen-bond donors (Lipinski definition) is 2. The van der Waals surface area contributed by atoms with Gasteiger partial charge in [-0.05, 0) is 31.2 Å². The van der Waals surface area contributed by atoms with Gasteiger partial charge in [-0.3, -0.25) is 4.79 Å². The third-order valence-corrected chi connectivity index (χ3v) is 2.93. The number of hydrogen-bond acceptors (Lipinski definition) is 4. The summed E-state index contributed by atoms with van der Waals surface area (Å²) in [6.45, 7) is 2.86. The van der Waals surface area contributed by atoms with Gasteiger partial charge in [0.25, 0.3) is 5.91 Å². The van der Waals surface area contributed by atoms with Crippen LogP contribution in [0, 0.1) is 0 Å². The third kappa shape index (κ3) is 6.21. The molecule has 0 fully saturated rings. The Kier molecular flexibility index (Phi) is 5.78. The number of ether oxygens (including phenoxy) is 1. The van der Waals surface area contributed by atoms with Crippen molar-refractivity contribution in [3.05, 3.63) is 29.8 Å². The summed E-state index contributed by atoms with van der Waals surface area (Å²) in [5.41, 5.74) is 0.503. The molecule has 0 heterocycles. The molecule has 2 N–H and O–H groups in total. The SMILES string of the molecule is CCOc1ccc(C(=O)NCCNS(C)(=O)=O)cc1. The Labute approximate surface area is 113 Å². The van der Waals surface area contributed by atoms with Crippen LogP contribution < -0.4 is 14.8 Å². The maximum absolute atomic E-state index is 11.7. The van der Waals surface area contributed by atoms with Crippen LogP contribution in [0.15, 0.2) is 24.3 Å². The Morgan fingerprint density at radius 1 is 1.21 bits per heavy atom. The lowest BCUT2D eigenvalue weighted by Crippen LogP contribution is -2.34. The lowest BCUT2D eigenvalue weighted by atomic mass is 10.2. The zero-order valence-corrected chi connectivity index (χ0v) is 11.8. The first-order chi connectivity index (χ1) is 8.92. The molecule has 7 heteroatoms. The van der Waals surface area contributed by atoms with E-state index in [0.717, 1.165) is 6.26 Å². The van der Waals surface area contributed by atoms with Crippen molar-refractivity contribution >= 4 is 15.9 Å². The summed E-state index contributed by atoms with van der Waals surface area (Å²) in [5.74, 6) is 0.455. The van der Waals surface area contributed by atoms with Crippen molar-refractivity contribution in [1.82, 2.24) is 10.0 Å². The van der Waals surface area contributed by atoms with Gasteiger partial charge in [0.2, 0.25) is 10.0 Å². The minimum atomic E-state index is -3.22. The van der Waals surface area contributed by atoms with Gasteiger partial charge in [-0.2, -0.15) is 0 Å². The van der Waals surface area contributed by atoms with E-state index in [1.807, 2.05) is 6.92 Å². The number of benzene rings is 1. The highest BCUT2D eigenvalue weighted by Crippen LogP contribution is 2.11. The van der Waals surface area contributed by atoms with E-state index in [2.05, 4.69) is 10.0 Å². The molecule has 1 aromatic carbocycles. The van der Waals surface area contributed by atoms with Gasteiger partial charge in [0, 0.05) is 18.7 Å². The van der Waals surface area contributed by atoms with Crippen molar-refractivity contribution in [2.45, 2.75) is 6.92 Å². The Bertz CT molecular complexity index is 511. The van der Waals surface area contributed by atoms with Crippen molar-refractivity contribution in [2.75, 3.05) is 26.0 Å². The van der Waals surface area contributed by atoms with Crippen molar-refractivity contribution < 1.29 is 17.9 Å². The fourth-order valence-corrected chi connectivity index (χ4v) is 1.86.